The number of carbonyl (C=O) groups excluding carboxylic acids is 1. The van der Waals surface area contributed by atoms with Crippen molar-refractivity contribution in [3.63, 3.8) is 0 Å². The fraction of sp³-hybridized carbons (Fsp3) is 0.300. The molecule has 2 aromatic carbocycles. The molecule has 0 bridgehead atoms. The molecule has 1 aromatic heterocycles. The van der Waals surface area contributed by atoms with Gasteiger partial charge in [-0.05, 0) is 25.5 Å². The summed E-state index contributed by atoms with van der Waals surface area (Å²) in [4.78, 5) is 45.8. The summed E-state index contributed by atoms with van der Waals surface area (Å²) in [6.07, 6.45) is 0.666. The quantitative estimate of drug-likeness (QED) is 0.502. The number of imidazole rings is 1. The van der Waals surface area contributed by atoms with Crippen molar-refractivity contribution in [2.24, 2.45) is 0 Å². The highest BCUT2D eigenvalue weighted by Gasteiger charge is 2.28. The summed E-state index contributed by atoms with van der Waals surface area (Å²) in [6.45, 7) is 3.43. The summed E-state index contributed by atoms with van der Waals surface area (Å²) in [5.41, 5.74) is 0.983. The number of aromatic amines is 1. The molecule has 11 nitrogen and oxygen atoms in total. The highest BCUT2D eigenvalue weighted by Crippen LogP contribution is 2.29. The van der Waals surface area contributed by atoms with Crippen molar-refractivity contribution < 1.29 is 14.6 Å². The number of hydrogen-bond acceptors (Lipinski definition) is 7. The maximum Gasteiger partial charge on any atom is 0.279 e. The molecule has 0 radical (unpaired) electrons. The second kappa shape index (κ2) is 8.01. The maximum atomic E-state index is 13.1. The highest BCUT2D eigenvalue weighted by atomic mass is 16.6. The van der Waals surface area contributed by atoms with Crippen LogP contribution < -0.4 is 4.90 Å². The molecule has 0 atom stereocenters. The summed E-state index contributed by atoms with van der Waals surface area (Å²) >= 11 is 0. The molecule has 2 heterocycles. The number of nitro benzene ring substituents is 2. The van der Waals surface area contributed by atoms with E-state index in [1.165, 1.54) is 6.92 Å². The molecule has 1 saturated heterocycles. The van der Waals surface area contributed by atoms with Crippen molar-refractivity contribution in [2.45, 2.75) is 13.3 Å². The Labute approximate surface area is 176 Å². The van der Waals surface area contributed by atoms with Crippen LogP contribution in [0, 0.1) is 27.2 Å². The normalized spacial score (nSPS) is 14.5. The van der Waals surface area contributed by atoms with Crippen LogP contribution in [0.25, 0.3) is 11.0 Å². The summed E-state index contributed by atoms with van der Waals surface area (Å²) in [7, 11) is 0. The molecule has 0 spiro atoms. The first-order valence-electron chi connectivity index (χ1n) is 9.77. The Morgan fingerprint density at radius 3 is 2.55 bits per heavy atom. The number of nitrogens with one attached hydrogen (secondary N) is 1. The molecule has 1 aliphatic rings. The van der Waals surface area contributed by atoms with Crippen molar-refractivity contribution in [3.8, 4) is 0 Å². The molecule has 160 valence electrons. The molecular formula is C20H20N6O5. The Hall–Kier alpha value is -4.02. The van der Waals surface area contributed by atoms with E-state index in [2.05, 4.69) is 14.9 Å². The zero-order chi connectivity index (χ0) is 22.1. The van der Waals surface area contributed by atoms with E-state index in [9.17, 15) is 25.0 Å². The van der Waals surface area contributed by atoms with E-state index in [1.807, 2.05) is 24.3 Å². The number of H-pyrrole nitrogens is 1. The largest absolute Gasteiger partial charge is 0.341 e. The van der Waals surface area contributed by atoms with E-state index in [-0.39, 0.29) is 11.1 Å². The average Bonchev–Trinajstić information content (AvgIpc) is 3.02. The van der Waals surface area contributed by atoms with Gasteiger partial charge in [0.05, 0.1) is 32.5 Å². The third-order valence-corrected chi connectivity index (χ3v) is 5.46. The molecule has 1 fully saturated rings. The summed E-state index contributed by atoms with van der Waals surface area (Å²) < 4.78 is 0. The van der Waals surface area contributed by atoms with Gasteiger partial charge in [-0.15, -0.1) is 0 Å². The van der Waals surface area contributed by atoms with Gasteiger partial charge in [-0.1, -0.05) is 12.1 Å². The van der Waals surface area contributed by atoms with Gasteiger partial charge >= 0.3 is 0 Å². The van der Waals surface area contributed by atoms with Crippen LogP contribution in [0.3, 0.4) is 0 Å². The van der Waals surface area contributed by atoms with Crippen LogP contribution in [0.15, 0.2) is 36.4 Å². The van der Waals surface area contributed by atoms with Gasteiger partial charge in [0.1, 0.15) is 0 Å². The van der Waals surface area contributed by atoms with Crippen LogP contribution in [0.5, 0.6) is 0 Å². The number of benzene rings is 2. The Balaban J connectivity index is 1.57. The topological polar surface area (TPSA) is 139 Å². The molecule has 0 unspecified atom stereocenters. The van der Waals surface area contributed by atoms with Gasteiger partial charge in [0.25, 0.3) is 17.3 Å². The number of anilines is 1. The van der Waals surface area contributed by atoms with E-state index in [0.717, 1.165) is 29.1 Å². The number of carbonyl (C=O) groups is 1. The molecule has 1 N–H and O–H groups in total. The summed E-state index contributed by atoms with van der Waals surface area (Å²) in [5, 5.41) is 22.5. The zero-order valence-corrected chi connectivity index (χ0v) is 16.8. The number of amides is 1. The van der Waals surface area contributed by atoms with E-state index >= 15 is 0 Å². The molecule has 11 heteroatoms. The Kier molecular flexibility index (Phi) is 5.24. The second-order valence-electron chi connectivity index (χ2n) is 7.36. The molecule has 0 aliphatic carbocycles. The molecule has 4 rings (SSSR count). The lowest BCUT2D eigenvalue weighted by Gasteiger charge is -2.22. The van der Waals surface area contributed by atoms with Gasteiger partial charge in [-0.3, -0.25) is 25.0 Å². The number of nitro groups is 2. The lowest BCUT2D eigenvalue weighted by Crippen LogP contribution is -2.35. The van der Waals surface area contributed by atoms with Crippen LogP contribution in [0.1, 0.15) is 22.3 Å². The van der Waals surface area contributed by atoms with Crippen LogP contribution in [0.4, 0.5) is 17.3 Å². The molecular weight excluding hydrogens is 404 g/mol. The lowest BCUT2D eigenvalue weighted by atomic mass is 10.0. The number of hydrogen-bond donors (Lipinski definition) is 1. The van der Waals surface area contributed by atoms with Gasteiger partial charge < -0.3 is 14.8 Å². The summed E-state index contributed by atoms with van der Waals surface area (Å²) in [5.74, 6) is 0.272. The van der Waals surface area contributed by atoms with E-state index < -0.39 is 27.1 Å². The van der Waals surface area contributed by atoms with Crippen molar-refractivity contribution in [2.75, 3.05) is 31.1 Å². The molecule has 1 amide bonds. The Morgan fingerprint density at radius 1 is 1.06 bits per heavy atom. The summed E-state index contributed by atoms with van der Waals surface area (Å²) in [6, 6.07) is 9.70. The number of non-ortho nitro benzene ring substituents is 1. The van der Waals surface area contributed by atoms with Gasteiger partial charge in [0.15, 0.2) is 0 Å². The first-order chi connectivity index (χ1) is 14.8. The van der Waals surface area contributed by atoms with Gasteiger partial charge in [-0.2, -0.15) is 0 Å². The minimum atomic E-state index is -0.727. The molecule has 31 heavy (non-hydrogen) atoms. The predicted octanol–water partition coefficient (Wildman–Crippen LogP) is 3.04. The molecule has 1 aliphatic heterocycles. The van der Waals surface area contributed by atoms with Crippen LogP contribution in [-0.2, 0) is 0 Å². The third kappa shape index (κ3) is 3.89. The first kappa shape index (κ1) is 20.3. The Bertz CT molecular complexity index is 1160. The number of rotatable bonds is 4. The van der Waals surface area contributed by atoms with Crippen LogP contribution in [0.2, 0.25) is 0 Å². The highest BCUT2D eigenvalue weighted by molar-refractivity contribution is 5.97. The van der Waals surface area contributed by atoms with E-state index in [0.29, 0.717) is 32.6 Å². The monoisotopic (exact) mass is 424 g/mol. The van der Waals surface area contributed by atoms with Crippen molar-refractivity contribution in [3.05, 3.63) is 67.8 Å². The van der Waals surface area contributed by atoms with Crippen LogP contribution >= 0.6 is 0 Å². The smallest absolute Gasteiger partial charge is 0.279 e. The van der Waals surface area contributed by atoms with Gasteiger partial charge in [0.2, 0.25) is 5.95 Å². The minimum absolute atomic E-state index is 0.0157. The Morgan fingerprint density at radius 2 is 1.84 bits per heavy atom. The van der Waals surface area contributed by atoms with Gasteiger partial charge in [-0.25, -0.2) is 4.98 Å². The van der Waals surface area contributed by atoms with Gasteiger partial charge in [0, 0.05) is 37.8 Å². The first-order valence-corrected chi connectivity index (χ1v) is 9.77. The fourth-order valence-corrected chi connectivity index (χ4v) is 3.79. The lowest BCUT2D eigenvalue weighted by molar-refractivity contribution is -0.394. The maximum absolute atomic E-state index is 13.1. The number of fused-ring (bicyclic) bond motifs is 1. The second-order valence-corrected chi connectivity index (χ2v) is 7.36. The SMILES string of the molecule is Cc1c(C(=O)N2CCCN(c3nc4ccccc4[nH]3)CC2)cc([N+](=O)[O-])cc1[N+](=O)[O-]. The van der Waals surface area contributed by atoms with Crippen molar-refractivity contribution >= 4 is 34.3 Å². The average molecular weight is 424 g/mol. The number of aromatic nitrogens is 2. The third-order valence-electron chi connectivity index (χ3n) is 5.46. The number of para-hydroxylation sites is 2. The van der Waals surface area contributed by atoms with E-state index in [1.54, 1.807) is 4.90 Å². The van der Waals surface area contributed by atoms with E-state index in [4.69, 9.17) is 0 Å². The standard InChI is InChI=1S/C20H20N6O5/c1-13-15(11-14(25(28)29)12-18(13)26(30)31)19(27)23-7-4-8-24(10-9-23)20-21-16-5-2-3-6-17(16)22-20/h2-3,5-6,11-12H,4,7-10H2,1H3,(H,21,22). The zero-order valence-electron chi connectivity index (χ0n) is 16.8. The minimum Gasteiger partial charge on any atom is -0.341 e. The fourth-order valence-electron chi connectivity index (χ4n) is 3.79. The molecule has 0 saturated carbocycles. The predicted molar refractivity (Wildman–Crippen MR) is 113 cm³/mol. The van der Waals surface area contributed by atoms with Crippen molar-refractivity contribution in [1.29, 1.82) is 0 Å². The number of nitrogens with zero attached hydrogens (tertiary/aromatic N) is 5. The van der Waals surface area contributed by atoms with Crippen molar-refractivity contribution in [1.82, 2.24) is 14.9 Å². The van der Waals surface area contributed by atoms with Crippen LogP contribution in [-0.4, -0.2) is 56.8 Å². The molecule has 3 aromatic rings.